The van der Waals surface area contributed by atoms with E-state index in [9.17, 15) is 13.6 Å². The number of carboxylic acid groups (broad SMARTS) is 1. The Bertz CT molecular complexity index is 409. The van der Waals surface area contributed by atoms with Crippen LogP contribution in [0.2, 0.25) is 0 Å². The number of benzene rings is 1. The van der Waals surface area contributed by atoms with Crippen molar-refractivity contribution in [1.82, 2.24) is 0 Å². The van der Waals surface area contributed by atoms with Gasteiger partial charge in [-0.1, -0.05) is 0 Å². The predicted molar refractivity (Wildman–Crippen MR) is 56.4 cm³/mol. The predicted octanol–water partition coefficient (Wildman–Crippen LogP) is 2.97. The number of ether oxygens (including phenoxy) is 1. The summed E-state index contributed by atoms with van der Waals surface area (Å²) in [6, 6.07) is 1.80. The summed E-state index contributed by atoms with van der Waals surface area (Å²) in [7, 11) is 0. The van der Waals surface area contributed by atoms with E-state index in [0.29, 0.717) is 0 Å². The lowest BCUT2D eigenvalue weighted by atomic mass is 10.2. The second kappa shape index (κ2) is 5.25. The number of halogens is 3. The summed E-state index contributed by atoms with van der Waals surface area (Å²) in [5, 5.41) is 8.50. The van der Waals surface area contributed by atoms with E-state index in [1.807, 2.05) is 0 Å². The van der Waals surface area contributed by atoms with Crippen LogP contribution in [0.25, 0.3) is 0 Å². The average Bonchev–Trinajstić information content (AvgIpc) is 2.12. The van der Waals surface area contributed by atoms with Crippen LogP contribution < -0.4 is 4.74 Å². The van der Waals surface area contributed by atoms with Crippen molar-refractivity contribution in [3.8, 4) is 5.75 Å². The Morgan fingerprint density at radius 3 is 2.62 bits per heavy atom. The molecule has 0 heterocycles. The van der Waals surface area contributed by atoms with Crippen molar-refractivity contribution in [2.75, 3.05) is 0 Å². The van der Waals surface area contributed by atoms with Crippen molar-refractivity contribution in [2.24, 2.45) is 0 Å². The highest BCUT2D eigenvalue weighted by Gasteiger charge is 2.14. The van der Waals surface area contributed by atoms with E-state index in [0.717, 1.165) is 12.1 Å². The molecule has 0 saturated heterocycles. The number of aliphatic carboxylic acids is 1. The standard InChI is InChI=1S/C10H9BrF2O3/c1-5(2-10(14)15)16-9-4-8(13)7(12)3-6(9)11/h3-5H,2H2,1H3,(H,14,15)/t5-/m1/s1. The van der Waals surface area contributed by atoms with Crippen LogP contribution >= 0.6 is 15.9 Å². The molecule has 6 heteroatoms. The fourth-order valence-electron chi connectivity index (χ4n) is 1.10. The van der Waals surface area contributed by atoms with Gasteiger partial charge >= 0.3 is 5.97 Å². The molecule has 88 valence electrons. The van der Waals surface area contributed by atoms with E-state index in [2.05, 4.69) is 15.9 Å². The summed E-state index contributed by atoms with van der Waals surface area (Å²) in [4.78, 5) is 10.4. The Hall–Kier alpha value is -1.17. The molecule has 0 fully saturated rings. The normalized spacial score (nSPS) is 12.2. The van der Waals surface area contributed by atoms with Crippen LogP contribution in [0.5, 0.6) is 5.75 Å². The third-order valence-electron chi connectivity index (χ3n) is 1.77. The SMILES string of the molecule is C[C@H](CC(=O)O)Oc1cc(F)c(F)cc1Br. The van der Waals surface area contributed by atoms with Gasteiger partial charge < -0.3 is 9.84 Å². The second-order valence-corrected chi connectivity index (χ2v) is 4.08. The molecule has 0 unspecified atom stereocenters. The van der Waals surface area contributed by atoms with Crippen molar-refractivity contribution < 1.29 is 23.4 Å². The van der Waals surface area contributed by atoms with Gasteiger partial charge in [0.25, 0.3) is 0 Å². The molecule has 1 aromatic carbocycles. The fraction of sp³-hybridized carbons (Fsp3) is 0.300. The molecule has 0 saturated carbocycles. The minimum absolute atomic E-state index is 0.0765. The van der Waals surface area contributed by atoms with Crippen molar-refractivity contribution in [1.29, 1.82) is 0 Å². The molecule has 0 radical (unpaired) electrons. The Labute approximate surface area is 99.2 Å². The summed E-state index contributed by atoms with van der Waals surface area (Å²) in [6.07, 6.45) is -0.843. The number of hydrogen-bond acceptors (Lipinski definition) is 2. The second-order valence-electron chi connectivity index (χ2n) is 3.22. The van der Waals surface area contributed by atoms with E-state index in [4.69, 9.17) is 9.84 Å². The number of hydrogen-bond donors (Lipinski definition) is 1. The molecule has 0 aliphatic rings. The maximum atomic E-state index is 12.9. The summed E-state index contributed by atoms with van der Waals surface area (Å²) in [6.45, 7) is 1.53. The van der Waals surface area contributed by atoms with Crippen LogP contribution in [0.1, 0.15) is 13.3 Å². The first-order chi connectivity index (χ1) is 7.40. The molecule has 1 N–H and O–H groups in total. The quantitative estimate of drug-likeness (QED) is 0.869. The molecule has 0 aliphatic carbocycles. The first kappa shape index (κ1) is 12.9. The van der Waals surface area contributed by atoms with Crippen molar-refractivity contribution in [3.63, 3.8) is 0 Å². The first-order valence-electron chi connectivity index (χ1n) is 4.43. The van der Waals surface area contributed by atoms with Crippen LogP contribution in [0.15, 0.2) is 16.6 Å². The van der Waals surface area contributed by atoms with Crippen LogP contribution in [0.4, 0.5) is 8.78 Å². The van der Waals surface area contributed by atoms with E-state index < -0.39 is 23.7 Å². The van der Waals surface area contributed by atoms with Gasteiger partial charge in [-0.15, -0.1) is 0 Å². The lowest BCUT2D eigenvalue weighted by Crippen LogP contribution is -2.17. The Morgan fingerprint density at radius 2 is 2.06 bits per heavy atom. The lowest BCUT2D eigenvalue weighted by molar-refractivity contribution is -0.138. The zero-order chi connectivity index (χ0) is 12.3. The first-order valence-corrected chi connectivity index (χ1v) is 5.22. The number of carbonyl (C=O) groups is 1. The third kappa shape index (κ3) is 3.44. The van der Waals surface area contributed by atoms with Gasteiger partial charge in [0.05, 0.1) is 10.9 Å². The van der Waals surface area contributed by atoms with Gasteiger partial charge in [0.15, 0.2) is 11.6 Å². The molecule has 0 spiro atoms. The van der Waals surface area contributed by atoms with E-state index in [1.54, 1.807) is 0 Å². The van der Waals surface area contributed by atoms with Gasteiger partial charge in [0.2, 0.25) is 0 Å². The van der Waals surface area contributed by atoms with Crippen molar-refractivity contribution in [3.05, 3.63) is 28.2 Å². The molecule has 0 aliphatic heterocycles. The molecule has 3 nitrogen and oxygen atoms in total. The highest BCUT2D eigenvalue weighted by atomic mass is 79.9. The third-order valence-corrected chi connectivity index (χ3v) is 2.38. The maximum Gasteiger partial charge on any atom is 0.307 e. The summed E-state index contributed by atoms with van der Waals surface area (Å²) in [5.41, 5.74) is 0. The van der Waals surface area contributed by atoms with Crippen molar-refractivity contribution >= 4 is 21.9 Å². The van der Waals surface area contributed by atoms with Gasteiger partial charge in [-0.05, 0) is 28.9 Å². The molecule has 1 rings (SSSR count). The molecule has 0 aromatic heterocycles. The maximum absolute atomic E-state index is 12.9. The van der Waals surface area contributed by atoms with Gasteiger partial charge in [0, 0.05) is 6.07 Å². The van der Waals surface area contributed by atoms with Crippen LogP contribution in [0, 0.1) is 11.6 Å². The molecule has 0 amide bonds. The van der Waals surface area contributed by atoms with Gasteiger partial charge in [0.1, 0.15) is 11.9 Å². The molecule has 16 heavy (non-hydrogen) atoms. The monoisotopic (exact) mass is 294 g/mol. The van der Waals surface area contributed by atoms with Crippen LogP contribution in [0.3, 0.4) is 0 Å². The Morgan fingerprint density at radius 1 is 1.50 bits per heavy atom. The van der Waals surface area contributed by atoms with E-state index in [-0.39, 0.29) is 16.6 Å². The molecule has 1 atom stereocenters. The summed E-state index contributed by atoms with van der Waals surface area (Å²) in [5.74, 6) is -2.98. The molecule has 0 bridgehead atoms. The minimum Gasteiger partial charge on any atom is -0.489 e. The van der Waals surface area contributed by atoms with Crippen LogP contribution in [-0.4, -0.2) is 17.2 Å². The smallest absolute Gasteiger partial charge is 0.307 e. The summed E-state index contributed by atoms with van der Waals surface area (Å²) >= 11 is 3.00. The zero-order valence-electron chi connectivity index (χ0n) is 8.34. The highest BCUT2D eigenvalue weighted by Crippen LogP contribution is 2.28. The Kier molecular flexibility index (Phi) is 4.23. The van der Waals surface area contributed by atoms with Crippen molar-refractivity contribution in [2.45, 2.75) is 19.4 Å². The van der Waals surface area contributed by atoms with E-state index >= 15 is 0 Å². The highest BCUT2D eigenvalue weighted by molar-refractivity contribution is 9.10. The molecule has 1 aromatic rings. The zero-order valence-corrected chi connectivity index (χ0v) is 9.92. The van der Waals surface area contributed by atoms with E-state index in [1.165, 1.54) is 6.92 Å². The number of rotatable bonds is 4. The largest absolute Gasteiger partial charge is 0.489 e. The minimum atomic E-state index is -1.04. The number of carboxylic acids is 1. The Balaban J connectivity index is 2.81. The van der Waals surface area contributed by atoms with Gasteiger partial charge in [-0.2, -0.15) is 0 Å². The average molecular weight is 295 g/mol. The van der Waals surface area contributed by atoms with Crippen LogP contribution in [-0.2, 0) is 4.79 Å². The van der Waals surface area contributed by atoms with Gasteiger partial charge in [-0.25, -0.2) is 8.78 Å². The molecular weight excluding hydrogens is 286 g/mol. The van der Waals surface area contributed by atoms with Gasteiger partial charge in [-0.3, -0.25) is 4.79 Å². The fourth-order valence-corrected chi connectivity index (χ4v) is 1.51. The lowest BCUT2D eigenvalue weighted by Gasteiger charge is -2.14. The topological polar surface area (TPSA) is 46.5 Å². The summed E-state index contributed by atoms with van der Waals surface area (Å²) < 4.78 is 31.0. The molecular formula is C10H9BrF2O3.